The molecule has 126 valence electrons. The topological polar surface area (TPSA) is 73.9 Å². The highest BCUT2D eigenvalue weighted by Gasteiger charge is 2.16. The Labute approximate surface area is 138 Å². The van der Waals surface area contributed by atoms with Gasteiger partial charge in [-0.3, -0.25) is 4.99 Å². The SMILES string of the molecule is NC(=NCCCN1CCC(O)CC1)Nc1ccc2c(c1)CCC2. The molecule has 0 spiro atoms. The number of hydrogen-bond donors (Lipinski definition) is 3. The van der Waals surface area contributed by atoms with Gasteiger partial charge in [0.2, 0.25) is 0 Å². The number of anilines is 1. The Hall–Kier alpha value is -1.59. The van der Waals surface area contributed by atoms with Gasteiger partial charge in [-0.2, -0.15) is 0 Å². The molecule has 1 heterocycles. The predicted octanol–water partition coefficient (Wildman–Crippen LogP) is 1.75. The highest BCUT2D eigenvalue weighted by Crippen LogP contribution is 2.24. The second-order valence-corrected chi connectivity index (χ2v) is 6.66. The van der Waals surface area contributed by atoms with Crippen molar-refractivity contribution in [3.05, 3.63) is 29.3 Å². The van der Waals surface area contributed by atoms with Crippen LogP contribution in [0, 0.1) is 0 Å². The Kier molecular flexibility index (Phi) is 5.51. The van der Waals surface area contributed by atoms with Crippen molar-refractivity contribution in [2.24, 2.45) is 10.7 Å². The van der Waals surface area contributed by atoms with Gasteiger partial charge in [-0.1, -0.05) is 6.07 Å². The Balaban J connectivity index is 1.40. The molecule has 0 aromatic heterocycles. The molecule has 0 radical (unpaired) electrons. The number of fused-ring (bicyclic) bond motifs is 1. The predicted molar refractivity (Wildman–Crippen MR) is 94.9 cm³/mol. The molecule has 1 saturated heterocycles. The maximum Gasteiger partial charge on any atom is 0.193 e. The van der Waals surface area contributed by atoms with Gasteiger partial charge < -0.3 is 21.1 Å². The molecule has 0 amide bonds. The molecule has 2 aliphatic rings. The Bertz CT molecular complexity index is 550. The van der Waals surface area contributed by atoms with Crippen LogP contribution in [0.25, 0.3) is 0 Å². The molecule has 4 N–H and O–H groups in total. The molecule has 1 aromatic rings. The van der Waals surface area contributed by atoms with Gasteiger partial charge in [0.25, 0.3) is 0 Å². The number of guanidine groups is 1. The van der Waals surface area contributed by atoms with E-state index in [-0.39, 0.29) is 6.10 Å². The molecule has 0 unspecified atom stereocenters. The molecule has 3 rings (SSSR count). The number of aryl methyl sites for hydroxylation is 2. The fraction of sp³-hybridized carbons (Fsp3) is 0.611. The highest BCUT2D eigenvalue weighted by molar-refractivity contribution is 5.92. The van der Waals surface area contributed by atoms with Crippen LogP contribution in [0.1, 0.15) is 36.8 Å². The number of nitrogens with two attached hydrogens (primary N) is 1. The molecule has 23 heavy (non-hydrogen) atoms. The van der Waals surface area contributed by atoms with Crippen LogP contribution in [0.2, 0.25) is 0 Å². The van der Waals surface area contributed by atoms with Crippen molar-refractivity contribution in [1.29, 1.82) is 0 Å². The Morgan fingerprint density at radius 3 is 2.87 bits per heavy atom. The molecule has 1 aromatic carbocycles. The summed E-state index contributed by atoms with van der Waals surface area (Å²) < 4.78 is 0. The van der Waals surface area contributed by atoms with Gasteiger partial charge >= 0.3 is 0 Å². The highest BCUT2D eigenvalue weighted by atomic mass is 16.3. The standard InChI is InChI=1S/C18H28N4O/c19-18(20-9-2-10-22-11-7-17(23)8-12-22)21-16-6-5-14-3-1-4-15(14)13-16/h5-6,13,17,23H,1-4,7-12H2,(H3,19,20,21). The van der Waals surface area contributed by atoms with Crippen molar-refractivity contribution >= 4 is 11.6 Å². The molecule has 0 atom stereocenters. The number of nitrogens with zero attached hydrogens (tertiary/aromatic N) is 2. The van der Waals surface area contributed by atoms with E-state index in [1.54, 1.807) is 0 Å². The monoisotopic (exact) mass is 316 g/mol. The van der Waals surface area contributed by atoms with E-state index < -0.39 is 0 Å². The number of nitrogens with one attached hydrogen (secondary N) is 1. The summed E-state index contributed by atoms with van der Waals surface area (Å²) in [6, 6.07) is 6.48. The molecular weight excluding hydrogens is 288 g/mol. The van der Waals surface area contributed by atoms with E-state index in [0.717, 1.165) is 51.1 Å². The van der Waals surface area contributed by atoms with Crippen molar-refractivity contribution in [2.45, 2.75) is 44.6 Å². The van der Waals surface area contributed by atoms with Crippen LogP contribution >= 0.6 is 0 Å². The number of aliphatic hydroxyl groups is 1. The third kappa shape index (κ3) is 4.69. The Morgan fingerprint density at radius 2 is 2.04 bits per heavy atom. The average Bonchev–Trinajstić information content (AvgIpc) is 3.01. The van der Waals surface area contributed by atoms with E-state index in [1.165, 1.54) is 30.4 Å². The second kappa shape index (κ2) is 7.79. The first-order chi connectivity index (χ1) is 11.2. The summed E-state index contributed by atoms with van der Waals surface area (Å²) in [5, 5.41) is 12.7. The van der Waals surface area contributed by atoms with E-state index in [1.807, 2.05) is 0 Å². The Morgan fingerprint density at radius 1 is 1.26 bits per heavy atom. The lowest BCUT2D eigenvalue weighted by atomic mass is 10.1. The fourth-order valence-electron chi connectivity index (χ4n) is 3.47. The maximum absolute atomic E-state index is 9.50. The van der Waals surface area contributed by atoms with Crippen molar-refractivity contribution < 1.29 is 5.11 Å². The molecule has 1 aliphatic heterocycles. The number of rotatable bonds is 5. The summed E-state index contributed by atoms with van der Waals surface area (Å²) in [7, 11) is 0. The van der Waals surface area contributed by atoms with Crippen molar-refractivity contribution in [3.8, 4) is 0 Å². The lowest BCUT2D eigenvalue weighted by molar-refractivity contribution is 0.0824. The number of benzene rings is 1. The van der Waals surface area contributed by atoms with Crippen molar-refractivity contribution in [3.63, 3.8) is 0 Å². The zero-order valence-electron chi connectivity index (χ0n) is 13.8. The van der Waals surface area contributed by atoms with Crippen LogP contribution in [0.4, 0.5) is 5.69 Å². The fourth-order valence-corrected chi connectivity index (χ4v) is 3.47. The number of aliphatic imine (C=N–C) groups is 1. The van der Waals surface area contributed by atoms with Gasteiger partial charge in [-0.25, -0.2) is 0 Å². The van der Waals surface area contributed by atoms with Gasteiger partial charge in [0, 0.05) is 25.3 Å². The van der Waals surface area contributed by atoms with Gasteiger partial charge in [0.1, 0.15) is 0 Å². The third-order valence-electron chi connectivity index (χ3n) is 4.84. The minimum Gasteiger partial charge on any atom is -0.393 e. The van der Waals surface area contributed by atoms with E-state index in [0.29, 0.717) is 5.96 Å². The number of hydrogen-bond acceptors (Lipinski definition) is 3. The van der Waals surface area contributed by atoms with Crippen LogP contribution in [0.15, 0.2) is 23.2 Å². The van der Waals surface area contributed by atoms with Gasteiger partial charge in [0.05, 0.1) is 6.10 Å². The maximum atomic E-state index is 9.50. The molecule has 5 heteroatoms. The molecule has 1 fully saturated rings. The second-order valence-electron chi connectivity index (χ2n) is 6.66. The summed E-state index contributed by atoms with van der Waals surface area (Å²) >= 11 is 0. The van der Waals surface area contributed by atoms with E-state index >= 15 is 0 Å². The van der Waals surface area contributed by atoms with Crippen LogP contribution in [-0.4, -0.2) is 48.2 Å². The summed E-state index contributed by atoms with van der Waals surface area (Å²) in [5.41, 5.74) is 9.93. The van der Waals surface area contributed by atoms with E-state index in [2.05, 4.69) is 33.4 Å². The quantitative estimate of drug-likeness (QED) is 0.439. The van der Waals surface area contributed by atoms with Gasteiger partial charge in [-0.15, -0.1) is 0 Å². The first kappa shape index (κ1) is 16.3. The zero-order chi connectivity index (χ0) is 16.1. The average molecular weight is 316 g/mol. The smallest absolute Gasteiger partial charge is 0.193 e. The minimum atomic E-state index is -0.101. The summed E-state index contributed by atoms with van der Waals surface area (Å²) in [6.45, 7) is 3.76. The molecule has 1 aliphatic carbocycles. The largest absolute Gasteiger partial charge is 0.393 e. The number of aliphatic hydroxyl groups excluding tert-OH is 1. The molecular formula is C18H28N4O. The van der Waals surface area contributed by atoms with Gasteiger partial charge in [-0.05, 0) is 68.3 Å². The summed E-state index contributed by atoms with van der Waals surface area (Å²) in [5.74, 6) is 0.497. The van der Waals surface area contributed by atoms with E-state index in [9.17, 15) is 5.11 Å². The first-order valence-corrected chi connectivity index (χ1v) is 8.80. The lowest BCUT2D eigenvalue weighted by Crippen LogP contribution is -2.36. The third-order valence-corrected chi connectivity index (χ3v) is 4.84. The lowest BCUT2D eigenvalue weighted by Gasteiger charge is -2.29. The van der Waals surface area contributed by atoms with Crippen LogP contribution < -0.4 is 11.1 Å². The van der Waals surface area contributed by atoms with Crippen LogP contribution in [0.5, 0.6) is 0 Å². The minimum absolute atomic E-state index is 0.101. The normalized spacial score (nSPS) is 19.8. The van der Waals surface area contributed by atoms with Crippen molar-refractivity contribution in [2.75, 3.05) is 31.5 Å². The zero-order valence-corrected chi connectivity index (χ0v) is 13.8. The first-order valence-electron chi connectivity index (χ1n) is 8.80. The van der Waals surface area contributed by atoms with Crippen molar-refractivity contribution in [1.82, 2.24) is 4.90 Å². The molecule has 5 nitrogen and oxygen atoms in total. The molecule has 0 bridgehead atoms. The van der Waals surface area contributed by atoms with Gasteiger partial charge in [0.15, 0.2) is 5.96 Å². The number of likely N-dealkylation sites (tertiary alicyclic amines) is 1. The van der Waals surface area contributed by atoms with Crippen LogP contribution in [-0.2, 0) is 12.8 Å². The summed E-state index contributed by atoms with van der Waals surface area (Å²) in [4.78, 5) is 6.81. The number of piperidine rings is 1. The van der Waals surface area contributed by atoms with E-state index in [4.69, 9.17) is 5.73 Å². The molecule has 0 saturated carbocycles. The van der Waals surface area contributed by atoms with Crippen LogP contribution in [0.3, 0.4) is 0 Å². The summed E-state index contributed by atoms with van der Waals surface area (Å²) in [6.07, 6.45) is 6.32.